The Morgan fingerprint density at radius 3 is 2.81 bits per heavy atom. The van der Waals surface area contributed by atoms with Crippen molar-refractivity contribution in [2.75, 3.05) is 27.2 Å². The molecule has 27 heavy (non-hydrogen) atoms. The second-order valence-corrected chi connectivity index (χ2v) is 10.1. The molecule has 4 nitrogen and oxygen atoms in total. The number of ether oxygens (including phenoxy) is 1. The van der Waals surface area contributed by atoms with Gasteiger partial charge in [-0.2, -0.15) is 0 Å². The lowest BCUT2D eigenvalue weighted by Crippen LogP contribution is -2.83. The molecule has 0 radical (unpaired) electrons. The third-order valence-corrected chi connectivity index (χ3v) is 8.89. The molecule has 0 saturated carbocycles. The van der Waals surface area contributed by atoms with Gasteiger partial charge in [-0.15, -0.1) is 0 Å². The highest BCUT2D eigenvalue weighted by molar-refractivity contribution is 5.85. The number of para-hydroxylation sites is 1. The summed E-state index contributed by atoms with van der Waals surface area (Å²) in [5.74, 6) is 0.649. The average Bonchev–Trinajstić information content (AvgIpc) is 3.23. The van der Waals surface area contributed by atoms with Crippen LogP contribution in [0, 0.1) is 5.92 Å². The van der Waals surface area contributed by atoms with Crippen molar-refractivity contribution in [2.24, 2.45) is 5.92 Å². The number of rotatable bonds is 1. The van der Waals surface area contributed by atoms with E-state index in [4.69, 9.17) is 4.74 Å². The fraction of sp³-hybridized carbons (Fsp3) is 0.652. The van der Waals surface area contributed by atoms with Gasteiger partial charge in [0.15, 0.2) is 0 Å². The van der Waals surface area contributed by atoms with E-state index < -0.39 is 0 Å². The molecule has 1 aliphatic carbocycles. The Morgan fingerprint density at radius 1 is 1.19 bits per heavy atom. The van der Waals surface area contributed by atoms with E-state index in [1.165, 1.54) is 48.9 Å². The van der Waals surface area contributed by atoms with E-state index in [1.807, 2.05) is 7.11 Å². The van der Waals surface area contributed by atoms with Crippen molar-refractivity contribution in [1.29, 1.82) is 0 Å². The van der Waals surface area contributed by atoms with E-state index in [1.54, 1.807) is 5.56 Å². The summed E-state index contributed by atoms with van der Waals surface area (Å²) in [6.07, 6.45) is 5.19. The number of aromatic amines is 1. The molecule has 1 aromatic carbocycles. The van der Waals surface area contributed by atoms with Crippen molar-refractivity contribution in [3.63, 3.8) is 0 Å². The number of benzene rings is 1. The molecule has 5 aliphatic rings. The molecule has 4 saturated heterocycles. The van der Waals surface area contributed by atoms with Crippen molar-refractivity contribution < 1.29 is 4.74 Å². The predicted molar refractivity (Wildman–Crippen MR) is 108 cm³/mol. The minimum Gasteiger partial charge on any atom is -0.364 e. The zero-order valence-corrected chi connectivity index (χ0v) is 17.0. The Morgan fingerprint density at radius 2 is 2.00 bits per heavy atom. The summed E-state index contributed by atoms with van der Waals surface area (Å²) in [6.45, 7) is 7.40. The van der Waals surface area contributed by atoms with Crippen LogP contribution >= 0.6 is 0 Å². The second kappa shape index (κ2) is 4.97. The van der Waals surface area contributed by atoms with Crippen molar-refractivity contribution in [1.82, 2.24) is 14.8 Å². The summed E-state index contributed by atoms with van der Waals surface area (Å²) in [6, 6.07) is 8.87. The molecule has 2 bridgehead atoms. The number of methoxy groups -OCH3 is 1. The third kappa shape index (κ3) is 1.72. The van der Waals surface area contributed by atoms with Gasteiger partial charge >= 0.3 is 0 Å². The molecule has 4 atom stereocenters. The normalized spacial score (nSPS) is 40.1. The highest BCUT2D eigenvalue weighted by Crippen LogP contribution is 2.62. The van der Waals surface area contributed by atoms with Gasteiger partial charge in [0.25, 0.3) is 0 Å². The van der Waals surface area contributed by atoms with Crippen molar-refractivity contribution in [3.05, 3.63) is 35.5 Å². The van der Waals surface area contributed by atoms with Crippen molar-refractivity contribution >= 4 is 10.9 Å². The van der Waals surface area contributed by atoms with E-state index in [0.29, 0.717) is 5.92 Å². The summed E-state index contributed by atoms with van der Waals surface area (Å²) in [7, 11) is 4.26. The molecule has 144 valence electrons. The topological polar surface area (TPSA) is 31.5 Å². The molecular formula is C23H31N3O. The number of nitrogens with zero attached hydrogens (tertiary/aromatic N) is 2. The Balaban J connectivity index is 1.60. The molecule has 1 aromatic heterocycles. The van der Waals surface area contributed by atoms with Crippen LogP contribution in [0.2, 0.25) is 0 Å². The Labute approximate surface area is 161 Å². The molecule has 7 rings (SSSR count). The first-order valence-electron chi connectivity index (χ1n) is 10.5. The zero-order valence-electron chi connectivity index (χ0n) is 17.0. The second-order valence-electron chi connectivity index (χ2n) is 10.1. The minimum absolute atomic E-state index is 0.140. The largest absolute Gasteiger partial charge is 0.364 e. The first-order valence-corrected chi connectivity index (χ1v) is 10.5. The number of hydrogen-bond acceptors (Lipinski definition) is 3. The fourth-order valence-electron chi connectivity index (χ4n) is 7.76. The van der Waals surface area contributed by atoms with Crippen LogP contribution in [-0.2, 0) is 16.6 Å². The first kappa shape index (κ1) is 16.6. The van der Waals surface area contributed by atoms with Crippen LogP contribution < -0.4 is 0 Å². The molecule has 1 N–H and O–H groups in total. The Hall–Kier alpha value is -1.36. The summed E-state index contributed by atoms with van der Waals surface area (Å²) in [5, 5.41) is 1.42. The van der Waals surface area contributed by atoms with Gasteiger partial charge < -0.3 is 9.72 Å². The predicted octanol–water partition coefficient (Wildman–Crippen LogP) is 3.51. The molecule has 4 heteroatoms. The van der Waals surface area contributed by atoms with Crippen molar-refractivity contribution in [2.45, 2.75) is 62.3 Å². The van der Waals surface area contributed by atoms with Gasteiger partial charge in [-0.3, -0.25) is 9.80 Å². The first-order chi connectivity index (χ1) is 12.9. The van der Waals surface area contributed by atoms with Gasteiger partial charge in [-0.05, 0) is 56.8 Å². The number of aromatic nitrogens is 1. The van der Waals surface area contributed by atoms with Gasteiger partial charge in [0.2, 0.25) is 0 Å². The third-order valence-electron chi connectivity index (χ3n) is 8.89. The summed E-state index contributed by atoms with van der Waals surface area (Å²) < 4.78 is 6.19. The smallest absolute Gasteiger partial charge is 0.129 e. The number of nitrogens with one attached hydrogen (secondary N) is 1. The van der Waals surface area contributed by atoms with Crippen LogP contribution in [0.15, 0.2) is 24.3 Å². The highest BCUT2D eigenvalue weighted by atomic mass is 16.5. The van der Waals surface area contributed by atoms with E-state index >= 15 is 0 Å². The molecule has 0 amide bonds. The van der Waals surface area contributed by atoms with E-state index in [2.05, 4.69) is 59.9 Å². The lowest BCUT2D eigenvalue weighted by molar-refractivity contribution is -0.265. The van der Waals surface area contributed by atoms with Crippen LogP contribution in [-0.4, -0.2) is 59.3 Å². The van der Waals surface area contributed by atoms with E-state index in [9.17, 15) is 0 Å². The lowest BCUT2D eigenvalue weighted by Gasteiger charge is -2.72. The zero-order chi connectivity index (χ0) is 18.6. The van der Waals surface area contributed by atoms with E-state index in [0.717, 1.165) is 6.42 Å². The van der Waals surface area contributed by atoms with Gasteiger partial charge in [-0.25, -0.2) is 0 Å². The molecule has 4 fully saturated rings. The number of piperidine rings is 2. The summed E-state index contributed by atoms with van der Waals surface area (Å²) in [4.78, 5) is 9.28. The van der Waals surface area contributed by atoms with Gasteiger partial charge in [0.05, 0.1) is 5.54 Å². The average molecular weight is 366 g/mol. The Bertz CT molecular complexity index is 933. The van der Waals surface area contributed by atoms with E-state index in [-0.39, 0.29) is 22.7 Å². The standard InChI is InChI=1S/C23H31N3O/c1-21(2)18-13-22-10-7-11-26(22)14-23(18,25(3)20(22)27-4)12-16-15-8-5-6-9-17(15)24-19(16)21/h5-6,8-9,18,20,24H,7,10-14H2,1-4H3. The van der Waals surface area contributed by atoms with Crippen LogP contribution in [0.4, 0.5) is 0 Å². The monoisotopic (exact) mass is 365 g/mol. The minimum atomic E-state index is 0.140. The Kier molecular flexibility index (Phi) is 3.05. The lowest BCUT2D eigenvalue weighted by atomic mass is 9.50. The molecular weight excluding hydrogens is 334 g/mol. The van der Waals surface area contributed by atoms with Gasteiger partial charge in [-0.1, -0.05) is 32.0 Å². The maximum Gasteiger partial charge on any atom is 0.129 e. The maximum atomic E-state index is 6.19. The van der Waals surface area contributed by atoms with Crippen LogP contribution in [0.25, 0.3) is 10.9 Å². The molecule has 5 heterocycles. The van der Waals surface area contributed by atoms with Gasteiger partial charge in [0, 0.05) is 41.2 Å². The fourth-order valence-corrected chi connectivity index (χ4v) is 7.76. The van der Waals surface area contributed by atoms with Crippen molar-refractivity contribution in [3.8, 4) is 0 Å². The molecule has 2 aromatic rings. The molecule has 4 aliphatic heterocycles. The van der Waals surface area contributed by atoms with Crippen LogP contribution in [0.1, 0.15) is 44.4 Å². The number of hydrogen-bond donors (Lipinski definition) is 1. The van der Waals surface area contributed by atoms with Crippen LogP contribution in [0.5, 0.6) is 0 Å². The number of fused-ring (bicyclic) bond motifs is 4. The number of piperazine rings is 1. The molecule has 2 spiro atoms. The van der Waals surface area contributed by atoms with Crippen LogP contribution in [0.3, 0.4) is 0 Å². The van der Waals surface area contributed by atoms with Gasteiger partial charge in [0.1, 0.15) is 6.23 Å². The molecule has 4 unspecified atom stereocenters. The SMILES string of the molecule is COC1N(C)C23Cc4c([nH]c5ccccc45)C(C)(C)C2CC12CCCN2C3. The number of likely N-dealkylation sites (N-methyl/N-ethyl adjacent to an activating group) is 1. The summed E-state index contributed by atoms with van der Waals surface area (Å²) >= 11 is 0. The highest BCUT2D eigenvalue weighted by Gasteiger charge is 2.70. The maximum absolute atomic E-state index is 6.19. The quantitative estimate of drug-likeness (QED) is 0.839. The summed E-state index contributed by atoms with van der Waals surface area (Å²) in [5.41, 5.74) is 4.83. The number of H-pyrrole nitrogens is 1.